The van der Waals surface area contributed by atoms with Crippen molar-refractivity contribution in [1.82, 2.24) is 0 Å². The van der Waals surface area contributed by atoms with Crippen molar-refractivity contribution in [1.29, 1.82) is 0 Å². The van der Waals surface area contributed by atoms with Gasteiger partial charge in [-0.25, -0.2) is 0 Å². The van der Waals surface area contributed by atoms with Crippen LogP contribution in [0.1, 0.15) is 138 Å². The zero-order chi connectivity index (χ0) is 25.8. The predicted octanol–water partition coefficient (Wildman–Crippen LogP) is 10.9. The highest BCUT2D eigenvalue weighted by Gasteiger charge is 2.63. The fourth-order valence-electron chi connectivity index (χ4n) is 13.3. The van der Waals surface area contributed by atoms with Crippen molar-refractivity contribution in [3.63, 3.8) is 0 Å². The summed E-state index contributed by atoms with van der Waals surface area (Å²) in [7, 11) is 0.227. The molecule has 0 heterocycles. The van der Waals surface area contributed by atoms with E-state index in [-0.39, 0.29) is 15.8 Å². The Balaban J connectivity index is 1.20. The molecule has 37 heavy (non-hydrogen) atoms. The molecular weight excluding hydrogens is 482 g/mol. The molecule has 8 bridgehead atoms. The summed E-state index contributed by atoms with van der Waals surface area (Å²) in [5.41, 5.74) is 0. The highest BCUT2D eigenvalue weighted by Crippen LogP contribution is 2.79. The molecule has 0 nitrogen and oxygen atoms in total. The van der Waals surface area contributed by atoms with Gasteiger partial charge in [0.25, 0.3) is 0 Å². The van der Waals surface area contributed by atoms with Crippen LogP contribution >= 0.6 is 15.8 Å². The van der Waals surface area contributed by atoms with E-state index in [9.17, 15) is 0 Å². The number of rotatable bonds is 6. The Bertz CT molecular complexity index is 729. The molecule has 0 N–H and O–H groups in total. The summed E-state index contributed by atoms with van der Waals surface area (Å²) in [4.78, 5) is 0. The summed E-state index contributed by atoms with van der Waals surface area (Å²) in [6.07, 6.45) is 28.0. The van der Waals surface area contributed by atoms with Crippen LogP contribution in [0.5, 0.6) is 0 Å². The van der Waals surface area contributed by atoms with Crippen molar-refractivity contribution in [2.75, 3.05) is 12.3 Å². The van der Waals surface area contributed by atoms with E-state index in [0.717, 1.165) is 57.7 Å². The molecule has 2 atom stereocenters. The van der Waals surface area contributed by atoms with E-state index in [2.05, 4.69) is 41.5 Å². The van der Waals surface area contributed by atoms with Crippen LogP contribution in [0.15, 0.2) is 0 Å². The highest BCUT2D eigenvalue weighted by molar-refractivity contribution is 7.61. The molecule has 0 amide bonds. The third-order valence-corrected chi connectivity index (χ3v) is 21.7. The molecule has 9 saturated carbocycles. The smallest absolute Gasteiger partial charge is 0.00814 e. The zero-order valence-corrected chi connectivity index (χ0v) is 27.3. The second kappa shape index (κ2) is 9.18. The van der Waals surface area contributed by atoms with Gasteiger partial charge in [-0.3, -0.25) is 0 Å². The first-order valence-corrected chi connectivity index (χ1v) is 20.0. The van der Waals surface area contributed by atoms with Gasteiger partial charge in [-0.05, 0) is 170 Å². The molecule has 0 radical (unpaired) electrons. The summed E-state index contributed by atoms with van der Waals surface area (Å²) in [5.74, 6) is 8.97. The molecule has 0 aromatic heterocycles. The zero-order valence-electron chi connectivity index (χ0n) is 25.5. The van der Waals surface area contributed by atoms with Crippen molar-refractivity contribution in [3.05, 3.63) is 0 Å². The Labute approximate surface area is 233 Å². The quantitative estimate of drug-likeness (QED) is 0.293. The third kappa shape index (κ3) is 4.77. The van der Waals surface area contributed by atoms with Gasteiger partial charge in [-0.2, -0.15) is 0 Å². The lowest BCUT2D eigenvalue weighted by molar-refractivity contribution is 0.0182. The van der Waals surface area contributed by atoms with E-state index in [0.29, 0.717) is 10.3 Å². The SMILES string of the molecule is CC(C)(C)P(C[C@@H]1CCC[C@@H]1CP(C12CC3CC(CC(C3)C1)C2)C12CC3CC(CC(C3)C1)C2)C(C)(C)C. The average Bonchev–Trinajstić information content (AvgIpc) is 3.19. The molecule has 210 valence electrons. The molecule has 0 aliphatic heterocycles. The molecule has 0 aromatic rings. The van der Waals surface area contributed by atoms with E-state index in [1.165, 1.54) is 0 Å². The summed E-state index contributed by atoms with van der Waals surface area (Å²) in [5, 5.41) is 2.65. The number of hydrogen-bond acceptors (Lipinski definition) is 0. The first-order chi connectivity index (χ1) is 17.4. The topological polar surface area (TPSA) is 0 Å². The average molecular weight is 543 g/mol. The third-order valence-electron chi connectivity index (χ3n) is 13.4. The molecule has 9 aliphatic rings. The van der Waals surface area contributed by atoms with Crippen molar-refractivity contribution in [2.24, 2.45) is 47.3 Å². The van der Waals surface area contributed by atoms with Gasteiger partial charge in [0.15, 0.2) is 0 Å². The molecule has 9 fully saturated rings. The summed E-state index contributed by atoms with van der Waals surface area (Å²) < 4.78 is 0. The van der Waals surface area contributed by atoms with Crippen LogP contribution in [0.2, 0.25) is 0 Å². The van der Waals surface area contributed by atoms with Crippen LogP contribution in [0.3, 0.4) is 0 Å². The molecule has 2 heteroatoms. The maximum absolute atomic E-state index is 2.58. The lowest BCUT2D eigenvalue weighted by Crippen LogP contribution is -2.57. The summed E-state index contributed by atoms with van der Waals surface area (Å²) in [6.45, 7) is 15.5. The second-order valence-electron chi connectivity index (χ2n) is 18.3. The standard InChI is InChI=1S/C35H60P2/c1-32(2,3)36(33(4,5)6)22-30-8-7-9-31(30)23-37(34-16-24-10-25(17-34)12-26(11-24)18-34)35-19-27-13-28(20-35)15-29(14-27)21-35/h24-31H,7-23H2,1-6H3/t24?,25?,26?,27?,28?,29?,30-,31+,34?,35?,37?/m0/s1. The Morgan fingerprint density at radius 3 is 1.16 bits per heavy atom. The van der Waals surface area contributed by atoms with Crippen LogP contribution < -0.4 is 0 Å². The van der Waals surface area contributed by atoms with Crippen LogP contribution in [0.25, 0.3) is 0 Å². The van der Waals surface area contributed by atoms with Gasteiger partial charge in [0.2, 0.25) is 0 Å². The Hall–Kier alpha value is 0.860. The summed E-state index contributed by atoms with van der Waals surface area (Å²) >= 11 is 0. The first-order valence-electron chi connectivity index (χ1n) is 17.0. The van der Waals surface area contributed by atoms with Gasteiger partial charge in [0.1, 0.15) is 0 Å². The minimum absolute atomic E-state index is 0.0477. The van der Waals surface area contributed by atoms with Gasteiger partial charge in [0, 0.05) is 0 Å². The van der Waals surface area contributed by atoms with E-state index < -0.39 is 0 Å². The molecule has 0 spiro atoms. The van der Waals surface area contributed by atoms with Crippen molar-refractivity contribution in [2.45, 2.75) is 158 Å². The molecule has 9 aliphatic carbocycles. The van der Waals surface area contributed by atoms with Gasteiger partial charge in [-0.15, -0.1) is 0 Å². The van der Waals surface area contributed by atoms with E-state index >= 15 is 0 Å². The Morgan fingerprint density at radius 2 is 0.838 bits per heavy atom. The maximum atomic E-state index is 2.58. The van der Waals surface area contributed by atoms with Crippen LogP contribution in [-0.2, 0) is 0 Å². The van der Waals surface area contributed by atoms with Gasteiger partial charge in [-0.1, -0.05) is 63.8 Å². The fourth-order valence-corrected chi connectivity index (χ4v) is 23.0. The molecule has 0 aromatic carbocycles. The second-order valence-corrected chi connectivity index (χ2v) is 25.3. The maximum Gasteiger partial charge on any atom is -0.00814 e. The van der Waals surface area contributed by atoms with Crippen molar-refractivity contribution < 1.29 is 0 Å². The Kier molecular flexibility index (Phi) is 6.63. The van der Waals surface area contributed by atoms with E-state index in [1.807, 2.05) is 0 Å². The van der Waals surface area contributed by atoms with E-state index in [4.69, 9.17) is 0 Å². The molecule has 0 unspecified atom stereocenters. The first kappa shape index (κ1) is 26.7. The van der Waals surface area contributed by atoms with Gasteiger partial charge < -0.3 is 0 Å². The highest BCUT2D eigenvalue weighted by atomic mass is 31.1. The minimum Gasteiger partial charge on any atom is -0.0954 e. The molecule has 9 rings (SSSR count). The largest absolute Gasteiger partial charge is 0.0954 e. The van der Waals surface area contributed by atoms with Crippen molar-refractivity contribution in [3.8, 4) is 0 Å². The normalized spacial score (nSPS) is 49.4. The van der Waals surface area contributed by atoms with Gasteiger partial charge >= 0.3 is 0 Å². The number of hydrogen-bond donors (Lipinski definition) is 0. The molecule has 0 saturated heterocycles. The molecular formula is C35H60P2. The van der Waals surface area contributed by atoms with E-state index in [1.54, 1.807) is 109 Å². The lowest BCUT2D eigenvalue weighted by atomic mass is 9.55. The van der Waals surface area contributed by atoms with Gasteiger partial charge in [0.05, 0.1) is 0 Å². The van der Waals surface area contributed by atoms with Crippen LogP contribution in [-0.4, -0.2) is 32.9 Å². The van der Waals surface area contributed by atoms with Crippen molar-refractivity contribution >= 4 is 15.8 Å². The monoisotopic (exact) mass is 542 g/mol. The fraction of sp³-hybridized carbons (Fsp3) is 1.00. The van der Waals surface area contributed by atoms with Crippen LogP contribution in [0.4, 0.5) is 0 Å². The Morgan fingerprint density at radius 1 is 0.514 bits per heavy atom. The summed E-state index contributed by atoms with van der Waals surface area (Å²) in [6, 6.07) is 0. The lowest BCUT2D eigenvalue weighted by Gasteiger charge is -2.68. The predicted molar refractivity (Wildman–Crippen MR) is 166 cm³/mol. The van der Waals surface area contributed by atoms with Crippen LogP contribution in [0, 0.1) is 47.3 Å². The minimum atomic E-state index is 0.0477.